The van der Waals surface area contributed by atoms with E-state index in [1.807, 2.05) is 0 Å². The van der Waals surface area contributed by atoms with E-state index in [2.05, 4.69) is 16.0 Å². The molecule has 0 saturated carbocycles. The summed E-state index contributed by atoms with van der Waals surface area (Å²) in [5.74, 6) is -0.926. The molecule has 1 aliphatic rings. The molecule has 1 heterocycles. The molecule has 0 aromatic carbocycles. The molecule has 1 saturated heterocycles. The summed E-state index contributed by atoms with van der Waals surface area (Å²) in [6.45, 7) is 1.70. The minimum Gasteiger partial charge on any atom is -0.369 e. The number of piperidine rings is 1. The topological polar surface area (TPSA) is 117 Å². The van der Waals surface area contributed by atoms with E-state index in [4.69, 9.17) is 5.73 Å². The molecular weight excluding hydrogens is 250 g/mol. The maximum Gasteiger partial charge on any atom is 0.321 e. The number of imide groups is 1. The zero-order valence-electron chi connectivity index (χ0n) is 11.1. The standard InChI is InChI=1S/C11H21N5O3/c1-13-11(19)15-10(18)7-16(6-9(12)17)8-2-4-14-5-3-8/h8,14H,2-7H2,1H3,(H2,12,17)(H2,13,15,18,19). The number of primary amides is 1. The third kappa shape index (κ3) is 5.66. The molecule has 4 amide bonds. The Kier molecular flexibility index (Phi) is 6.23. The second-order valence-electron chi connectivity index (χ2n) is 4.48. The first-order valence-electron chi connectivity index (χ1n) is 6.27. The predicted molar refractivity (Wildman–Crippen MR) is 69.3 cm³/mol. The number of nitrogens with zero attached hydrogens (tertiary/aromatic N) is 1. The maximum absolute atomic E-state index is 11.7. The van der Waals surface area contributed by atoms with Crippen LogP contribution in [0.5, 0.6) is 0 Å². The molecule has 8 heteroatoms. The van der Waals surface area contributed by atoms with Gasteiger partial charge in [0.25, 0.3) is 0 Å². The molecule has 0 spiro atoms. The smallest absolute Gasteiger partial charge is 0.321 e. The SMILES string of the molecule is CNC(=O)NC(=O)CN(CC(N)=O)C1CCNCC1. The minimum absolute atomic E-state index is 0.0129. The lowest BCUT2D eigenvalue weighted by molar-refractivity contribution is -0.124. The van der Waals surface area contributed by atoms with Crippen LogP contribution in [0.2, 0.25) is 0 Å². The highest BCUT2D eigenvalue weighted by Gasteiger charge is 2.24. The lowest BCUT2D eigenvalue weighted by Crippen LogP contribution is -2.51. The second-order valence-corrected chi connectivity index (χ2v) is 4.48. The van der Waals surface area contributed by atoms with E-state index in [-0.39, 0.29) is 19.1 Å². The first-order valence-corrected chi connectivity index (χ1v) is 6.27. The Balaban J connectivity index is 2.55. The van der Waals surface area contributed by atoms with Gasteiger partial charge in [0, 0.05) is 13.1 Å². The van der Waals surface area contributed by atoms with Crippen LogP contribution in [0.25, 0.3) is 0 Å². The summed E-state index contributed by atoms with van der Waals surface area (Å²) in [6.07, 6.45) is 1.70. The molecule has 1 aliphatic heterocycles. The van der Waals surface area contributed by atoms with Crippen LogP contribution in [0.1, 0.15) is 12.8 Å². The summed E-state index contributed by atoms with van der Waals surface area (Å²) in [7, 11) is 1.43. The summed E-state index contributed by atoms with van der Waals surface area (Å²) in [6, 6.07) is -0.432. The molecule has 5 N–H and O–H groups in total. The van der Waals surface area contributed by atoms with E-state index in [1.54, 1.807) is 4.90 Å². The Morgan fingerprint density at radius 3 is 2.42 bits per heavy atom. The van der Waals surface area contributed by atoms with Crippen LogP contribution in [-0.4, -0.2) is 62.0 Å². The van der Waals surface area contributed by atoms with Gasteiger partial charge in [-0.05, 0) is 25.9 Å². The highest BCUT2D eigenvalue weighted by atomic mass is 16.2. The molecule has 0 aliphatic carbocycles. The van der Waals surface area contributed by atoms with Crippen LogP contribution in [0.3, 0.4) is 0 Å². The van der Waals surface area contributed by atoms with Gasteiger partial charge in [-0.2, -0.15) is 0 Å². The second kappa shape index (κ2) is 7.70. The average molecular weight is 271 g/mol. The third-order valence-corrected chi connectivity index (χ3v) is 3.01. The predicted octanol–water partition coefficient (Wildman–Crippen LogP) is -2.02. The molecule has 0 bridgehead atoms. The first kappa shape index (κ1) is 15.4. The van der Waals surface area contributed by atoms with E-state index < -0.39 is 17.8 Å². The van der Waals surface area contributed by atoms with Gasteiger partial charge >= 0.3 is 6.03 Å². The number of nitrogens with one attached hydrogen (secondary N) is 3. The van der Waals surface area contributed by atoms with Crippen molar-refractivity contribution in [3.05, 3.63) is 0 Å². The Morgan fingerprint density at radius 2 is 1.89 bits per heavy atom. The van der Waals surface area contributed by atoms with E-state index >= 15 is 0 Å². The Labute approximate surface area is 112 Å². The van der Waals surface area contributed by atoms with Gasteiger partial charge in [0.15, 0.2) is 0 Å². The van der Waals surface area contributed by atoms with E-state index in [0.29, 0.717) is 0 Å². The van der Waals surface area contributed by atoms with Gasteiger partial charge < -0.3 is 16.4 Å². The average Bonchev–Trinajstić information content (AvgIpc) is 2.38. The molecule has 8 nitrogen and oxygen atoms in total. The number of carbonyl (C=O) groups is 3. The van der Waals surface area contributed by atoms with E-state index in [9.17, 15) is 14.4 Å². The Bertz CT molecular complexity index is 341. The molecule has 1 fully saturated rings. The van der Waals surface area contributed by atoms with Crippen molar-refractivity contribution in [1.82, 2.24) is 20.9 Å². The van der Waals surface area contributed by atoms with Crippen molar-refractivity contribution in [2.75, 3.05) is 33.2 Å². The zero-order chi connectivity index (χ0) is 14.3. The molecule has 1 rings (SSSR count). The number of urea groups is 1. The minimum atomic E-state index is -0.561. The van der Waals surface area contributed by atoms with Crippen LogP contribution in [0, 0.1) is 0 Å². The number of nitrogens with two attached hydrogens (primary N) is 1. The first-order chi connectivity index (χ1) is 9.02. The van der Waals surface area contributed by atoms with Crippen LogP contribution < -0.4 is 21.7 Å². The summed E-state index contributed by atoms with van der Waals surface area (Å²) >= 11 is 0. The van der Waals surface area contributed by atoms with Crippen LogP contribution in [-0.2, 0) is 9.59 Å². The van der Waals surface area contributed by atoms with Crippen molar-refractivity contribution in [1.29, 1.82) is 0 Å². The van der Waals surface area contributed by atoms with Crippen LogP contribution in [0.15, 0.2) is 0 Å². The van der Waals surface area contributed by atoms with Gasteiger partial charge in [-0.15, -0.1) is 0 Å². The van der Waals surface area contributed by atoms with E-state index in [1.165, 1.54) is 7.05 Å². The molecular formula is C11H21N5O3. The van der Waals surface area contributed by atoms with Gasteiger partial charge in [-0.25, -0.2) is 4.79 Å². The number of amides is 4. The molecule has 0 radical (unpaired) electrons. The van der Waals surface area contributed by atoms with Gasteiger partial charge in [0.2, 0.25) is 11.8 Å². The summed E-state index contributed by atoms with van der Waals surface area (Å²) < 4.78 is 0. The number of rotatable bonds is 5. The van der Waals surface area contributed by atoms with Crippen molar-refractivity contribution >= 4 is 17.8 Å². The highest BCUT2D eigenvalue weighted by Crippen LogP contribution is 2.11. The lowest BCUT2D eigenvalue weighted by atomic mass is 10.0. The fraction of sp³-hybridized carbons (Fsp3) is 0.727. The summed E-state index contributed by atoms with van der Waals surface area (Å²) in [4.78, 5) is 35.5. The van der Waals surface area contributed by atoms with Crippen LogP contribution in [0.4, 0.5) is 4.79 Å². The number of carbonyl (C=O) groups excluding carboxylic acids is 3. The Hall–Kier alpha value is -1.67. The van der Waals surface area contributed by atoms with Gasteiger partial charge in [0.1, 0.15) is 0 Å². The lowest BCUT2D eigenvalue weighted by Gasteiger charge is -2.33. The van der Waals surface area contributed by atoms with Gasteiger partial charge in [-0.1, -0.05) is 0 Å². The molecule has 0 aromatic rings. The molecule has 0 atom stereocenters. The maximum atomic E-state index is 11.7. The number of hydrogen-bond acceptors (Lipinski definition) is 5. The molecule has 19 heavy (non-hydrogen) atoms. The van der Waals surface area contributed by atoms with Crippen LogP contribution >= 0.6 is 0 Å². The molecule has 0 unspecified atom stereocenters. The van der Waals surface area contributed by atoms with Gasteiger partial charge in [-0.3, -0.25) is 19.8 Å². The summed E-state index contributed by atoms with van der Waals surface area (Å²) in [5.41, 5.74) is 5.20. The van der Waals surface area contributed by atoms with Crippen molar-refractivity contribution in [2.24, 2.45) is 5.73 Å². The Morgan fingerprint density at radius 1 is 1.26 bits per heavy atom. The quantitative estimate of drug-likeness (QED) is 0.460. The van der Waals surface area contributed by atoms with E-state index in [0.717, 1.165) is 25.9 Å². The van der Waals surface area contributed by atoms with Crippen molar-refractivity contribution < 1.29 is 14.4 Å². The third-order valence-electron chi connectivity index (χ3n) is 3.01. The normalized spacial score (nSPS) is 16.1. The fourth-order valence-electron chi connectivity index (χ4n) is 2.10. The van der Waals surface area contributed by atoms with Crippen molar-refractivity contribution in [3.63, 3.8) is 0 Å². The number of hydrogen-bond donors (Lipinski definition) is 4. The highest BCUT2D eigenvalue weighted by molar-refractivity contribution is 5.95. The largest absolute Gasteiger partial charge is 0.369 e. The monoisotopic (exact) mass is 271 g/mol. The molecule has 108 valence electrons. The molecule has 0 aromatic heterocycles. The zero-order valence-corrected chi connectivity index (χ0v) is 11.1. The van der Waals surface area contributed by atoms with Crippen molar-refractivity contribution in [2.45, 2.75) is 18.9 Å². The summed E-state index contributed by atoms with van der Waals surface area (Å²) in [5, 5.41) is 7.68. The van der Waals surface area contributed by atoms with Crippen molar-refractivity contribution in [3.8, 4) is 0 Å². The van der Waals surface area contributed by atoms with Gasteiger partial charge in [0.05, 0.1) is 13.1 Å². The fourth-order valence-corrected chi connectivity index (χ4v) is 2.10.